The highest BCUT2D eigenvalue weighted by Gasteiger charge is 2.16. The lowest BCUT2D eigenvalue weighted by atomic mass is 10.2. The molecule has 0 aromatic heterocycles. The molecule has 4 nitrogen and oxygen atoms in total. The van der Waals surface area contributed by atoms with E-state index in [0.29, 0.717) is 18.7 Å². The Labute approximate surface area is 113 Å². The van der Waals surface area contributed by atoms with Gasteiger partial charge in [0.1, 0.15) is 0 Å². The highest BCUT2D eigenvalue weighted by Crippen LogP contribution is 2.10. The molecular weight excluding hydrogens is 248 g/mol. The molecule has 0 saturated heterocycles. The predicted octanol–water partition coefficient (Wildman–Crippen LogP) is 1.57. The number of thiol groups is 1. The molecule has 1 aromatic rings. The molecule has 0 atom stereocenters. The van der Waals surface area contributed by atoms with Gasteiger partial charge in [-0.2, -0.15) is 0 Å². The zero-order valence-corrected chi connectivity index (χ0v) is 11.5. The topological polar surface area (TPSA) is 49.4 Å². The molecule has 0 spiro atoms. The number of nitrogens with one attached hydrogen (secondary N) is 1. The summed E-state index contributed by atoms with van der Waals surface area (Å²) in [4.78, 5) is 25.9. The highest BCUT2D eigenvalue weighted by molar-refractivity contribution is 7.80. The van der Waals surface area contributed by atoms with Crippen LogP contribution in [-0.2, 0) is 4.79 Å². The van der Waals surface area contributed by atoms with Crippen LogP contribution in [0.1, 0.15) is 24.2 Å². The molecule has 2 amide bonds. The first-order valence-corrected chi connectivity index (χ1v) is 6.38. The Morgan fingerprint density at radius 2 is 1.83 bits per heavy atom. The number of nitrogens with zero attached hydrogens (tertiary/aromatic N) is 1. The Balaban J connectivity index is 2.73. The molecule has 5 heteroatoms. The van der Waals surface area contributed by atoms with Crippen molar-refractivity contribution >= 4 is 24.4 Å². The van der Waals surface area contributed by atoms with Crippen LogP contribution in [0.15, 0.2) is 29.2 Å². The van der Waals surface area contributed by atoms with Crippen LogP contribution >= 0.6 is 12.6 Å². The first-order chi connectivity index (χ1) is 8.58. The number of carbonyl (C=O) groups excluding carboxylic acids is 2. The zero-order valence-electron chi connectivity index (χ0n) is 10.6. The molecule has 1 N–H and O–H groups in total. The standard InChI is InChI=1S/C13H18N2O2S/c1-3-14-12(16)9-15(4-2)13(17)10-5-7-11(18)8-6-10/h5-8,18H,3-4,9H2,1-2H3,(H,14,16). The maximum Gasteiger partial charge on any atom is 0.254 e. The van der Waals surface area contributed by atoms with Crippen molar-refractivity contribution in [3.05, 3.63) is 29.8 Å². The van der Waals surface area contributed by atoms with E-state index in [9.17, 15) is 9.59 Å². The quantitative estimate of drug-likeness (QED) is 0.795. The molecule has 0 radical (unpaired) electrons. The molecule has 0 fully saturated rings. The molecule has 98 valence electrons. The van der Waals surface area contributed by atoms with Crippen molar-refractivity contribution in [1.82, 2.24) is 10.2 Å². The summed E-state index contributed by atoms with van der Waals surface area (Å²) in [5.74, 6) is -0.282. The van der Waals surface area contributed by atoms with Crippen molar-refractivity contribution in [2.24, 2.45) is 0 Å². The fourth-order valence-electron chi connectivity index (χ4n) is 1.54. The third-order valence-electron chi connectivity index (χ3n) is 2.49. The predicted molar refractivity (Wildman–Crippen MR) is 74.0 cm³/mol. The second kappa shape index (κ2) is 7.06. The van der Waals surface area contributed by atoms with Crippen LogP contribution in [0.5, 0.6) is 0 Å². The minimum absolute atomic E-state index is 0.0891. The first kappa shape index (κ1) is 14.6. The lowest BCUT2D eigenvalue weighted by Gasteiger charge is -2.20. The average Bonchev–Trinajstić information content (AvgIpc) is 2.36. The molecule has 0 aliphatic rings. The van der Waals surface area contributed by atoms with Gasteiger partial charge in [-0.05, 0) is 38.1 Å². The second-order valence-electron chi connectivity index (χ2n) is 3.82. The Hall–Kier alpha value is -1.49. The molecule has 0 heterocycles. The Bertz CT molecular complexity index is 418. The van der Waals surface area contributed by atoms with Crippen LogP contribution in [0.2, 0.25) is 0 Å². The number of rotatable bonds is 5. The van der Waals surface area contributed by atoms with E-state index in [1.54, 1.807) is 24.3 Å². The molecule has 0 saturated carbocycles. The van der Waals surface area contributed by atoms with Crippen LogP contribution in [0.4, 0.5) is 0 Å². The van der Waals surface area contributed by atoms with Crippen molar-refractivity contribution in [2.75, 3.05) is 19.6 Å². The van der Waals surface area contributed by atoms with Gasteiger partial charge in [0.2, 0.25) is 5.91 Å². The van der Waals surface area contributed by atoms with Gasteiger partial charge in [-0.25, -0.2) is 0 Å². The molecule has 0 aliphatic carbocycles. The summed E-state index contributed by atoms with van der Waals surface area (Å²) in [6.07, 6.45) is 0. The van der Waals surface area contributed by atoms with E-state index in [0.717, 1.165) is 4.90 Å². The number of likely N-dealkylation sites (N-methyl/N-ethyl adjacent to an activating group) is 2. The molecule has 0 bridgehead atoms. The van der Waals surface area contributed by atoms with Crippen LogP contribution < -0.4 is 5.32 Å². The minimum Gasteiger partial charge on any atom is -0.355 e. The summed E-state index contributed by atoms with van der Waals surface area (Å²) in [6, 6.07) is 6.95. The van der Waals surface area contributed by atoms with E-state index < -0.39 is 0 Å². The van der Waals surface area contributed by atoms with Crippen LogP contribution in [0, 0.1) is 0 Å². The van der Waals surface area contributed by atoms with Gasteiger partial charge in [0.05, 0.1) is 6.54 Å². The lowest BCUT2D eigenvalue weighted by Crippen LogP contribution is -2.40. The number of hydrogen-bond acceptors (Lipinski definition) is 3. The van der Waals surface area contributed by atoms with Gasteiger partial charge >= 0.3 is 0 Å². The maximum absolute atomic E-state index is 12.1. The van der Waals surface area contributed by atoms with Gasteiger partial charge in [-0.3, -0.25) is 9.59 Å². The fraction of sp³-hybridized carbons (Fsp3) is 0.385. The molecule has 0 unspecified atom stereocenters. The SMILES string of the molecule is CCNC(=O)CN(CC)C(=O)c1ccc(S)cc1. The van der Waals surface area contributed by atoms with E-state index in [1.807, 2.05) is 13.8 Å². The van der Waals surface area contributed by atoms with Gasteiger partial charge in [-0.1, -0.05) is 0 Å². The zero-order chi connectivity index (χ0) is 13.5. The maximum atomic E-state index is 12.1. The van der Waals surface area contributed by atoms with E-state index in [1.165, 1.54) is 4.90 Å². The minimum atomic E-state index is -0.142. The molecule has 1 aromatic carbocycles. The lowest BCUT2D eigenvalue weighted by molar-refractivity contribution is -0.121. The third kappa shape index (κ3) is 4.07. The summed E-state index contributed by atoms with van der Waals surface area (Å²) >= 11 is 4.17. The number of benzene rings is 1. The van der Waals surface area contributed by atoms with Crippen molar-refractivity contribution in [1.29, 1.82) is 0 Å². The monoisotopic (exact) mass is 266 g/mol. The third-order valence-corrected chi connectivity index (χ3v) is 2.79. The van der Waals surface area contributed by atoms with Crippen molar-refractivity contribution in [2.45, 2.75) is 18.7 Å². The van der Waals surface area contributed by atoms with Crippen LogP contribution in [-0.4, -0.2) is 36.3 Å². The summed E-state index contributed by atoms with van der Waals surface area (Å²) in [7, 11) is 0. The van der Waals surface area contributed by atoms with E-state index >= 15 is 0 Å². The number of amides is 2. The highest BCUT2D eigenvalue weighted by atomic mass is 32.1. The van der Waals surface area contributed by atoms with E-state index in [-0.39, 0.29) is 18.4 Å². The fourth-order valence-corrected chi connectivity index (χ4v) is 1.69. The average molecular weight is 266 g/mol. The van der Waals surface area contributed by atoms with Gasteiger partial charge < -0.3 is 10.2 Å². The summed E-state index contributed by atoms with van der Waals surface area (Å²) in [5.41, 5.74) is 0.568. The second-order valence-corrected chi connectivity index (χ2v) is 4.34. The Kier molecular flexibility index (Phi) is 5.71. The smallest absolute Gasteiger partial charge is 0.254 e. The van der Waals surface area contributed by atoms with Crippen molar-refractivity contribution in [3.63, 3.8) is 0 Å². The van der Waals surface area contributed by atoms with E-state index in [2.05, 4.69) is 17.9 Å². The van der Waals surface area contributed by atoms with Gasteiger partial charge in [0.15, 0.2) is 0 Å². The van der Waals surface area contributed by atoms with Crippen molar-refractivity contribution < 1.29 is 9.59 Å². The van der Waals surface area contributed by atoms with Crippen LogP contribution in [0.3, 0.4) is 0 Å². The Morgan fingerprint density at radius 3 is 2.33 bits per heavy atom. The molecule has 1 rings (SSSR count). The molecule has 18 heavy (non-hydrogen) atoms. The van der Waals surface area contributed by atoms with E-state index in [4.69, 9.17) is 0 Å². The van der Waals surface area contributed by atoms with Crippen molar-refractivity contribution in [3.8, 4) is 0 Å². The van der Waals surface area contributed by atoms with Gasteiger partial charge in [-0.15, -0.1) is 12.6 Å². The molecular formula is C13H18N2O2S. The summed E-state index contributed by atoms with van der Waals surface area (Å²) < 4.78 is 0. The molecule has 0 aliphatic heterocycles. The van der Waals surface area contributed by atoms with Gasteiger partial charge in [0.25, 0.3) is 5.91 Å². The summed E-state index contributed by atoms with van der Waals surface area (Å²) in [6.45, 7) is 4.86. The largest absolute Gasteiger partial charge is 0.355 e. The normalized spacial score (nSPS) is 9.94. The Morgan fingerprint density at radius 1 is 1.22 bits per heavy atom. The van der Waals surface area contributed by atoms with Gasteiger partial charge in [0, 0.05) is 23.5 Å². The van der Waals surface area contributed by atoms with Crippen LogP contribution in [0.25, 0.3) is 0 Å². The number of hydrogen-bond donors (Lipinski definition) is 2. The summed E-state index contributed by atoms with van der Waals surface area (Å²) in [5, 5.41) is 2.68. The number of carbonyl (C=O) groups is 2. The first-order valence-electron chi connectivity index (χ1n) is 5.93.